The summed E-state index contributed by atoms with van der Waals surface area (Å²) in [7, 11) is 0. The van der Waals surface area contributed by atoms with Crippen LogP contribution >= 0.6 is 0 Å². The van der Waals surface area contributed by atoms with Crippen molar-refractivity contribution in [2.24, 2.45) is 0 Å². The van der Waals surface area contributed by atoms with Crippen LogP contribution in [-0.4, -0.2) is 15.0 Å². The number of rotatable bonds is 8. The van der Waals surface area contributed by atoms with Gasteiger partial charge in [-0.25, -0.2) is 15.0 Å². The SMILES string of the molecule is [2H]c1c([2H])c([2H])c(-c2c([2H])c([2H])c(N(c3ccc(-c4ccc5c(c4)oc4cccc(-c6nc(-c7ccccc7)nc(-c7ccccc7)n6)c45)cc3)c3c([2H])c([2H])c([2H])c([2H])c3[2H])c([2H])c2[2H])c([2H])c1[2H]. The van der Waals surface area contributed by atoms with E-state index in [1.807, 2.05) is 97.1 Å². The molecule has 2 aromatic heterocycles. The monoisotopic (exact) mass is 732 g/mol. The molecule has 8 aromatic carbocycles. The second-order valence-electron chi connectivity index (χ2n) is 12.6. The third-order valence-corrected chi connectivity index (χ3v) is 9.19. The summed E-state index contributed by atoms with van der Waals surface area (Å²) in [6.07, 6.45) is 0. The summed E-state index contributed by atoms with van der Waals surface area (Å²) in [5.74, 6) is 1.47. The van der Waals surface area contributed by atoms with E-state index in [2.05, 4.69) is 0 Å². The van der Waals surface area contributed by atoms with E-state index in [9.17, 15) is 2.74 Å². The Balaban J connectivity index is 1.10. The number of para-hydroxylation sites is 1. The van der Waals surface area contributed by atoms with Crippen LogP contribution in [0.1, 0.15) is 19.2 Å². The second kappa shape index (κ2) is 14.3. The maximum atomic E-state index is 9.24. The van der Waals surface area contributed by atoms with Crippen molar-refractivity contribution in [2.75, 3.05) is 4.90 Å². The third-order valence-electron chi connectivity index (χ3n) is 9.19. The van der Waals surface area contributed by atoms with Gasteiger partial charge in [0.05, 0.1) is 19.2 Å². The van der Waals surface area contributed by atoms with Gasteiger partial charge in [0.1, 0.15) is 11.2 Å². The minimum absolute atomic E-state index is 0.0928. The summed E-state index contributed by atoms with van der Waals surface area (Å²) in [6, 6.07) is 26.8. The molecule has 264 valence electrons. The number of furan rings is 1. The molecule has 0 saturated heterocycles. The summed E-state index contributed by atoms with van der Waals surface area (Å²) >= 11 is 0. The van der Waals surface area contributed by atoms with E-state index in [-0.39, 0.29) is 5.69 Å². The van der Waals surface area contributed by atoms with E-state index in [4.69, 9.17) is 35.8 Å². The van der Waals surface area contributed by atoms with Gasteiger partial charge in [-0.05, 0) is 76.8 Å². The molecular weight excluding hydrogens is 685 g/mol. The maximum Gasteiger partial charge on any atom is 0.164 e. The lowest BCUT2D eigenvalue weighted by atomic mass is 10.0. The zero-order chi connectivity index (χ0) is 49.4. The van der Waals surface area contributed by atoms with Gasteiger partial charge in [0.2, 0.25) is 0 Å². The van der Waals surface area contributed by atoms with E-state index in [0.717, 1.165) is 32.4 Å². The summed E-state index contributed by atoms with van der Waals surface area (Å²) in [4.78, 5) is 15.8. The lowest BCUT2D eigenvalue weighted by Crippen LogP contribution is -2.09. The van der Waals surface area contributed by atoms with Crippen LogP contribution in [0, 0.1) is 0 Å². The van der Waals surface area contributed by atoms with Crippen molar-refractivity contribution in [1.82, 2.24) is 15.0 Å². The molecular formula is C51H34N4O. The molecule has 0 bridgehead atoms. The third kappa shape index (κ3) is 6.27. The zero-order valence-corrected chi connectivity index (χ0v) is 29.2. The highest BCUT2D eigenvalue weighted by Crippen LogP contribution is 2.40. The Morgan fingerprint density at radius 3 is 1.62 bits per heavy atom. The lowest BCUT2D eigenvalue weighted by Gasteiger charge is -2.26. The fraction of sp³-hybridized carbons (Fsp3) is 0. The molecule has 0 aliphatic rings. The van der Waals surface area contributed by atoms with Crippen molar-refractivity contribution in [3.63, 3.8) is 0 Å². The number of aromatic nitrogens is 3. The maximum absolute atomic E-state index is 9.24. The van der Waals surface area contributed by atoms with Gasteiger partial charge in [-0.1, -0.05) is 151 Å². The Hall–Kier alpha value is -7.63. The van der Waals surface area contributed by atoms with Crippen LogP contribution in [0.25, 0.3) is 78.4 Å². The Morgan fingerprint density at radius 1 is 0.393 bits per heavy atom. The average Bonchev–Trinajstić information content (AvgIpc) is 3.77. The van der Waals surface area contributed by atoms with Crippen LogP contribution in [0.15, 0.2) is 210 Å². The zero-order valence-electron chi connectivity index (χ0n) is 43.2. The molecule has 2 heterocycles. The van der Waals surface area contributed by atoms with Crippen LogP contribution in [0.4, 0.5) is 17.1 Å². The molecule has 10 rings (SSSR count). The van der Waals surface area contributed by atoms with Crippen molar-refractivity contribution >= 4 is 39.0 Å². The molecule has 0 spiro atoms. The molecule has 0 saturated carbocycles. The highest BCUT2D eigenvalue weighted by Gasteiger charge is 2.19. The highest BCUT2D eigenvalue weighted by atomic mass is 16.3. The quantitative estimate of drug-likeness (QED) is 0.156. The topological polar surface area (TPSA) is 55.1 Å². The van der Waals surface area contributed by atoms with Crippen molar-refractivity contribution in [3.8, 4) is 56.4 Å². The number of nitrogens with zero attached hydrogens (tertiary/aromatic N) is 4. The van der Waals surface area contributed by atoms with Crippen LogP contribution in [0.2, 0.25) is 0 Å². The van der Waals surface area contributed by atoms with Gasteiger partial charge in [0.15, 0.2) is 17.5 Å². The Morgan fingerprint density at radius 2 is 0.964 bits per heavy atom. The minimum atomic E-state index is -0.783. The van der Waals surface area contributed by atoms with E-state index in [1.165, 1.54) is 0 Å². The molecule has 0 fully saturated rings. The standard InChI is InChI=1S/C51H34N4O/c1-5-14-35(15-6-1)36-24-29-42(30-25-36)55(41-20-11-4-12-21-41)43-31-26-37(27-32-43)40-28-33-44-47(34-40)56-46-23-13-22-45(48(44)46)51-53-49(38-16-7-2-8-17-38)52-50(54-51)39-18-9-3-10-19-39/h1-34H/i1D,4D,5D,6D,11D,12D,14D,15D,20D,21D,24D,25D,29D,30D. The Kier molecular flexibility index (Phi) is 5.44. The smallest absolute Gasteiger partial charge is 0.164 e. The number of anilines is 3. The van der Waals surface area contributed by atoms with Crippen LogP contribution in [0.5, 0.6) is 0 Å². The van der Waals surface area contributed by atoms with E-state index in [0.29, 0.717) is 39.8 Å². The predicted octanol–water partition coefficient (Wildman–Crippen LogP) is 13.6. The molecule has 0 N–H and O–H groups in total. The molecule has 0 aliphatic carbocycles. The van der Waals surface area contributed by atoms with Gasteiger partial charge in [-0.3, -0.25) is 0 Å². The first-order chi connectivity index (χ1) is 33.6. The summed E-state index contributed by atoms with van der Waals surface area (Å²) in [5, 5.41) is 1.58. The van der Waals surface area contributed by atoms with Gasteiger partial charge in [-0.15, -0.1) is 0 Å². The first-order valence-electron chi connectivity index (χ1n) is 24.5. The highest BCUT2D eigenvalue weighted by molar-refractivity contribution is 6.12. The molecule has 0 aliphatic heterocycles. The minimum Gasteiger partial charge on any atom is -0.456 e. The molecule has 0 radical (unpaired) electrons. The fourth-order valence-electron chi connectivity index (χ4n) is 6.57. The molecule has 0 amide bonds. The molecule has 5 nitrogen and oxygen atoms in total. The molecule has 10 aromatic rings. The lowest BCUT2D eigenvalue weighted by molar-refractivity contribution is 0.669. The summed E-state index contributed by atoms with van der Waals surface area (Å²) in [5.41, 5.74) is 2.88. The molecule has 0 unspecified atom stereocenters. The van der Waals surface area contributed by atoms with Gasteiger partial charge in [-0.2, -0.15) is 0 Å². The van der Waals surface area contributed by atoms with E-state index < -0.39 is 107 Å². The van der Waals surface area contributed by atoms with E-state index in [1.54, 1.807) is 24.3 Å². The van der Waals surface area contributed by atoms with Crippen molar-refractivity contribution in [2.45, 2.75) is 0 Å². The Bertz CT molecular complexity index is 3630. The summed E-state index contributed by atoms with van der Waals surface area (Å²) < 4.78 is 128. The van der Waals surface area contributed by atoms with Crippen LogP contribution in [0.3, 0.4) is 0 Å². The number of benzene rings is 8. The predicted molar refractivity (Wildman–Crippen MR) is 229 cm³/mol. The first kappa shape index (κ1) is 21.3. The van der Waals surface area contributed by atoms with Gasteiger partial charge < -0.3 is 9.32 Å². The fourth-order valence-corrected chi connectivity index (χ4v) is 6.57. The van der Waals surface area contributed by atoms with Gasteiger partial charge in [0.25, 0.3) is 0 Å². The number of hydrogen-bond donors (Lipinski definition) is 0. The number of hydrogen-bond acceptors (Lipinski definition) is 5. The van der Waals surface area contributed by atoms with Crippen molar-refractivity contribution in [1.29, 1.82) is 0 Å². The second-order valence-corrected chi connectivity index (χ2v) is 12.6. The first-order valence-corrected chi connectivity index (χ1v) is 17.5. The van der Waals surface area contributed by atoms with Crippen LogP contribution in [-0.2, 0) is 0 Å². The number of fused-ring (bicyclic) bond motifs is 3. The van der Waals surface area contributed by atoms with Crippen molar-refractivity contribution in [3.05, 3.63) is 206 Å². The van der Waals surface area contributed by atoms with Crippen molar-refractivity contribution < 1.29 is 23.6 Å². The molecule has 0 atom stereocenters. The Labute approximate surface area is 344 Å². The normalized spacial score (nSPS) is 14.7. The van der Waals surface area contributed by atoms with Gasteiger partial charge in [0, 0.05) is 44.5 Å². The summed E-state index contributed by atoms with van der Waals surface area (Å²) in [6.45, 7) is 0. The van der Waals surface area contributed by atoms with Gasteiger partial charge >= 0.3 is 0 Å². The average molecular weight is 733 g/mol. The largest absolute Gasteiger partial charge is 0.456 e. The molecule has 56 heavy (non-hydrogen) atoms. The van der Waals surface area contributed by atoms with E-state index >= 15 is 0 Å². The molecule has 5 heteroatoms. The van der Waals surface area contributed by atoms with Crippen LogP contribution < -0.4 is 4.90 Å².